The molecule has 96 valence electrons. The Labute approximate surface area is 110 Å². The summed E-state index contributed by atoms with van der Waals surface area (Å²) in [5, 5.41) is 15.4. The van der Waals surface area contributed by atoms with Crippen molar-refractivity contribution in [3.63, 3.8) is 0 Å². The Balaban J connectivity index is 2.05. The molecule has 0 aliphatic carbocycles. The molecule has 2 rings (SSSR count). The minimum absolute atomic E-state index is 0.168. The van der Waals surface area contributed by atoms with E-state index in [4.69, 9.17) is 5.11 Å². The summed E-state index contributed by atoms with van der Waals surface area (Å²) in [4.78, 5) is 11.8. The molecule has 2 N–H and O–H groups in total. The highest BCUT2D eigenvalue weighted by atomic mass is 16.2. The van der Waals surface area contributed by atoms with Gasteiger partial charge in [-0.15, -0.1) is 0 Å². The summed E-state index contributed by atoms with van der Waals surface area (Å²) >= 11 is 0. The molecular weight excluding hydrogens is 242 g/mol. The molecule has 0 saturated heterocycles. The first-order valence-corrected chi connectivity index (χ1v) is 5.70. The van der Waals surface area contributed by atoms with Crippen LogP contribution in [0.25, 0.3) is 0 Å². The molecule has 2 aromatic rings. The van der Waals surface area contributed by atoms with Crippen molar-refractivity contribution < 1.29 is 9.90 Å². The molecular formula is C14H13N3O2. The number of aliphatic hydroxyl groups is 1. The van der Waals surface area contributed by atoms with E-state index < -0.39 is 0 Å². The second kappa shape index (κ2) is 5.85. The third kappa shape index (κ3) is 3.44. The maximum atomic E-state index is 11.8. The van der Waals surface area contributed by atoms with Crippen LogP contribution < -0.4 is 5.32 Å². The van der Waals surface area contributed by atoms with E-state index in [1.807, 2.05) is 0 Å². The van der Waals surface area contributed by atoms with Crippen LogP contribution in [0.15, 0.2) is 36.5 Å². The van der Waals surface area contributed by atoms with Crippen molar-refractivity contribution in [2.75, 3.05) is 11.9 Å². The molecule has 0 aliphatic heterocycles. The number of nitrogens with one attached hydrogen (secondary N) is 1. The van der Waals surface area contributed by atoms with E-state index in [0.717, 1.165) is 5.56 Å². The highest BCUT2D eigenvalue weighted by molar-refractivity contribution is 6.02. The van der Waals surface area contributed by atoms with Gasteiger partial charge in [-0.1, -0.05) is 11.8 Å². The van der Waals surface area contributed by atoms with Crippen molar-refractivity contribution in [2.24, 2.45) is 7.05 Å². The van der Waals surface area contributed by atoms with Crippen LogP contribution in [0.3, 0.4) is 0 Å². The number of benzene rings is 1. The summed E-state index contributed by atoms with van der Waals surface area (Å²) in [6.07, 6.45) is 1.71. The summed E-state index contributed by atoms with van der Waals surface area (Å²) in [5.41, 5.74) is 1.82. The minimum Gasteiger partial charge on any atom is -0.384 e. The van der Waals surface area contributed by atoms with Crippen LogP contribution in [0.5, 0.6) is 0 Å². The van der Waals surface area contributed by atoms with E-state index in [1.54, 1.807) is 48.3 Å². The fraction of sp³-hybridized carbons (Fsp3) is 0.143. The SMILES string of the molecule is Cn1ccc(C(=O)Nc2ccc(C#CCO)cc2)n1. The average molecular weight is 255 g/mol. The van der Waals surface area contributed by atoms with Crippen LogP contribution in [0, 0.1) is 11.8 Å². The van der Waals surface area contributed by atoms with Gasteiger partial charge in [0.1, 0.15) is 6.61 Å². The Kier molecular flexibility index (Phi) is 3.96. The summed E-state index contributed by atoms with van der Waals surface area (Å²) in [5.74, 6) is 5.09. The molecule has 0 saturated carbocycles. The number of nitrogens with zero attached hydrogens (tertiary/aromatic N) is 2. The Bertz CT molecular complexity index is 633. The van der Waals surface area contributed by atoms with Crippen LogP contribution >= 0.6 is 0 Å². The van der Waals surface area contributed by atoms with Crippen molar-refractivity contribution in [1.82, 2.24) is 9.78 Å². The number of aryl methyl sites for hydroxylation is 1. The van der Waals surface area contributed by atoms with Gasteiger partial charge in [0, 0.05) is 24.5 Å². The number of rotatable bonds is 2. The molecule has 1 heterocycles. The third-order valence-corrected chi connectivity index (χ3v) is 2.40. The number of aromatic nitrogens is 2. The van der Waals surface area contributed by atoms with Crippen LogP contribution in [0.2, 0.25) is 0 Å². The molecule has 0 spiro atoms. The molecule has 0 aliphatic rings. The van der Waals surface area contributed by atoms with Gasteiger partial charge in [0.05, 0.1) is 0 Å². The number of anilines is 1. The zero-order valence-corrected chi connectivity index (χ0v) is 10.4. The van der Waals surface area contributed by atoms with Gasteiger partial charge >= 0.3 is 0 Å². The first-order chi connectivity index (χ1) is 9.19. The van der Waals surface area contributed by atoms with E-state index in [2.05, 4.69) is 22.3 Å². The standard InChI is InChI=1S/C14H13N3O2/c1-17-9-8-13(16-17)14(19)15-12-6-4-11(5-7-12)3-2-10-18/h4-9,18H,10H2,1H3,(H,15,19). The zero-order valence-electron chi connectivity index (χ0n) is 10.4. The van der Waals surface area contributed by atoms with Gasteiger partial charge in [0.15, 0.2) is 5.69 Å². The van der Waals surface area contributed by atoms with Gasteiger partial charge in [-0.2, -0.15) is 5.10 Å². The smallest absolute Gasteiger partial charge is 0.276 e. The second-order valence-electron chi connectivity index (χ2n) is 3.87. The van der Waals surface area contributed by atoms with Crippen LogP contribution in [-0.2, 0) is 7.05 Å². The number of carbonyl (C=O) groups excluding carboxylic acids is 1. The predicted octanol–water partition coefficient (Wildman–Crippen LogP) is 1.02. The molecule has 1 aromatic carbocycles. The molecule has 0 bridgehead atoms. The molecule has 1 aromatic heterocycles. The lowest BCUT2D eigenvalue weighted by molar-refractivity contribution is 0.102. The van der Waals surface area contributed by atoms with Crippen molar-refractivity contribution >= 4 is 11.6 Å². The Morgan fingerprint density at radius 3 is 2.68 bits per heavy atom. The largest absolute Gasteiger partial charge is 0.384 e. The third-order valence-electron chi connectivity index (χ3n) is 2.40. The number of amides is 1. The second-order valence-corrected chi connectivity index (χ2v) is 3.87. The number of carbonyl (C=O) groups is 1. The lowest BCUT2D eigenvalue weighted by Crippen LogP contribution is -2.12. The fourth-order valence-electron chi connectivity index (χ4n) is 1.51. The van der Waals surface area contributed by atoms with Crippen molar-refractivity contribution in [3.05, 3.63) is 47.8 Å². The lowest BCUT2D eigenvalue weighted by Gasteiger charge is -2.02. The van der Waals surface area contributed by atoms with Gasteiger partial charge in [-0.3, -0.25) is 9.48 Å². The van der Waals surface area contributed by atoms with Gasteiger partial charge in [-0.05, 0) is 30.3 Å². The number of aliphatic hydroxyl groups excluding tert-OH is 1. The van der Waals surface area contributed by atoms with E-state index >= 15 is 0 Å². The lowest BCUT2D eigenvalue weighted by atomic mass is 10.2. The predicted molar refractivity (Wildman–Crippen MR) is 71.6 cm³/mol. The molecule has 5 heteroatoms. The maximum Gasteiger partial charge on any atom is 0.276 e. The highest BCUT2D eigenvalue weighted by Gasteiger charge is 2.08. The highest BCUT2D eigenvalue weighted by Crippen LogP contribution is 2.10. The minimum atomic E-state index is -0.255. The van der Waals surface area contributed by atoms with Gasteiger partial charge in [-0.25, -0.2) is 0 Å². The average Bonchev–Trinajstić information content (AvgIpc) is 2.85. The van der Waals surface area contributed by atoms with E-state index in [9.17, 15) is 4.79 Å². The quantitative estimate of drug-likeness (QED) is 0.787. The molecule has 0 unspecified atom stereocenters. The van der Waals surface area contributed by atoms with Crippen LogP contribution in [-0.4, -0.2) is 27.4 Å². The summed E-state index contributed by atoms with van der Waals surface area (Å²) in [6.45, 7) is -0.168. The van der Waals surface area contributed by atoms with Crippen molar-refractivity contribution in [2.45, 2.75) is 0 Å². The summed E-state index contributed by atoms with van der Waals surface area (Å²) in [6, 6.07) is 8.70. The first-order valence-electron chi connectivity index (χ1n) is 5.70. The molecule has 19 heavy (non-hydrogen) atoms. The van der Waals surface area contributed by atoms with Crippen LogP contribution in [0.1, 0.15) is 16.1 Å². The van der Waals surface area contributed by atoms with E-state index in [-0.39, 0.29) is 12.5 Å². The monoisotopic (exact) mass is 255 g/mol. The van der Waals surface area contributed by atoms with Crippen LogP contribution in [0.4, 0.5) is 5.69 Å². The Morgan fingerprint density at radius 1 is 1.37 bits per heavy atom. The molecule has 0 fully saturated rings. The zero-order chi connectivity index (χ0) is 13.7. The summed E-state index contributed by atoms with van der Waals surface area (Å²) in [7, 11) is 1.76. The van der Waals surface area contributed by atoms with E-state index in [1.165, 1.54) is 0 Å². The molecule has 1 amide bonds. The topological polar surface area (TPSA) is 67.2 Å². The van der Waals surface area contributed by atoms with Gasteiger partial charge in [0.2, 0.25) is 0 Å². The molecule has 5 nitrogen and oxygen atoms in total. The van der Waals surface area contributed by atoms with E-state index in [0.29, 0.717) is 11.4 Å². The normalized spacial score (nSPS) is 9.58. The maximum absolute atomic E-state index is 11.8. The fourth-order valence-corrected chi connectivity index (χ4v) is 1.51. The van der Waals surface area contributed by atoms with Crippen molar-refractivity contribution in [1.29, 1.82) is 0 Å². The first kappa shape index (κ1) is 12.9. The molecule has 0 atom stereocenters. The van der Waals surface area contributed by atoms with Gasteiger partial charge in [0.25, 0.3) is 5.91 Å². The molecule has 0 radical (unpaired) electrons. The Hall–Kier alpha value is -2.58. The summed E-state index contributed by atoms with van der Waals surface area (Å²) < 4.78 is 1.57. The van der Waals surface area contributed by atoms with Crippen molar-refractivity contribution in [3.8, 4) is 11.8 Å². The number of hydrogen-bond donors (Lipinski definition) is 2. The van der Waals surface area contributed by atoms with Gasteiger partial charge < -0.3 is 10.4 Å². The Morgan fingerprint density at radius 2 is 2.11 bits per heavy atom. The number of hydrogen-bond acceptors (Lipinski definition) is 3.